The molecule has 2 aliphatic rings. The summed E-state index contributed by atoms with van der Waals surface area (Å²) in [4.78, 5) is 12.5. The van der Waals surface area contributed by atoms with Gasteiger partial charge in [0.25, 0.3) is 0 Å². The van der Waals surface area contributed by atoms with Crippen LogP contribution in [0.1, 0.15) is 46.0 Å². The van der Waals surface area contributed by atoms with Crippen LogP contribution >= 0.6 is 0 Å². The summed E-state index contributed by atoms with van der Waals surface area (Å²) in [5, 5.41) is 17.5. The minimum Gasteiger partial charge on any atom is -0.299 e. The Morgan fingerprint density at radius 1 is 1.22 bits per heavy atom. The number of nitrogens with zero attached hydrogens (tertiary/aromatic N) is 3. The molecule has 0 unspecified atom stereocenters. The molecule has 0 aromatic rings. The molecule has 2 atom stereocenters. The lowest BCUT2D eigenvalue weighted by Crippen LogP contribution is -2.47. The van der Waals surface area contributed by atoms with Crippen LogP contribution in [0.25, 0.3) is 0 Å². The van der Waals surface area contributed by atoms with Gasteiger partial charge in [-0.25, -0.2) is 8.42 Å². The lowest BCUT2D eigenvalue weighted by atomic mass is 9.70. The summed E-state index contributed by atoms with van der Waals surface area (Å²) in [5.74, 6) is 0.124. The van der Waals surface area contributed by atoms with Gasteiger partial charge >= 0.3 is 0 Å². The Kier molecular flexibility index (Phi) is 4.84. The highest BCUT2D eigenvalue weighted by molar-refractivity contribution is 7.89. The van der Waals surface area contributed by atoms with E-state index in [1.165, 1.54) is 4.31 Å². The van der Waals surface area contributed by atoms with Gasteiger partial charge in [0.1, 0.15) is 5.78 Å². The molecule has 0 radical (unpaired) electrons. The molecule has 6 nitrogen and oxygen atoms in total. The van der Waals surface area contributed by atoms with Crippen LogP contribution < -0.4 is 0 Å². The van der Waals surface area contributed by atoms with E-state index in [-0.39, 0.29) is 48.8 Å². The van der Waals surface area contributed by atoms with Gasteiger partial charge in [0.15, 0.2) is 0 Å². The molecule has 2 saturated carbocycles. The summed E-state index contributed by atoms with van der Waals surface area (Å²) in [5.41, 5.74) is -1.12. The molecule has 0 aromatic heterocycles. The zero-order chi connectivity index (χ0) is 17.3. The first kappa shape index (κ1) is 17.9. The van der Waals surface area contributed by atoms with Crippen LogP contribution in [0.15, 0.2) is 0 Å². The second-order valence-electron chi connectivity index (χ2n) is 7.14. The van der Waals surface area contributed by atoms with Crippen LogP contribution in [-0.4, -0.2) is 37.3 Å². The molecular formula is C16H23N3O3S. The van der Waals surface area contributed by atoms with Crippen molar-refractivity contribution in [2.45, 2.75) is 46.0 Å². The summed E-state index contributed by atoms with van der Waals surface area (Å²) in [6.07, 6.45) is 2.14. The molecule has 0 spiro atoms. The fourth-order valence-electron chi connectivity index (χ4n) is 4.25. The largest absolute Gasteiger partial charge is 0.299 e. The first-order chi connectivity index (χ1) is 10.7. The number of carbonyl (C=O) groups excluding carboxylic acids is 1. The van der Waals surface area contributed by atoms with Crippen molar-refractivity contribution in [1.29, 1.82) is 10.5 Å². The number of Topliss-reactive ketones (excluding diaryl/α,β-unsaturated/α-hetero) is 1. The predicted octanol–water partition coefficient (Wildman–Crippen LogP) is 1.84. The molecule has 23 heavy (non-hydrogen) atoms. The number of carbonyl (C=O) groups is 1. The minimum atomic E-state index is -3.69. The topological polar surface area (TPSA) is 102 Å². The minimum absolute atomic E-state index is 0.0582. The van der Waals surface area contributed by atoms with Gasteiger partial charge in [-0.1, -0.05) is 13.8 Å². The first-order valence-corrected chi connectivity index (χ1v) is 9.57. The van der Waals surface area contributed by atoms with Gasteiger partial charge in [-0.3, -0.25) is 4.79 Å². The second-order valence-corrected chi connectivity index (χ2v) is 9.11. The molecule has 7 heteroatoms. The molecule has 2 fully saturated rings. The van der Waals surface area contributed by atoms with Crippen molar-refractivity contribution in [2.24, 2.45) is 16.7 Å². The van der Waals surface area contributed by atoms with E-state index >= 15 is 0 Å². The van der Waals surface area contributed by atoms with E-state index in [0.29, 0.717) is 12.8 Å². The van der Waals surface area contributed by atoms with Gasteiger partial charge in [0.05, 0.1) is 17.9 Å². The average molecular weight is 337 g/mol. The van der Waals surface area contributed by atoms with Crippen LogP contribution in [0, 0.1) is 39.4 Å². The van der Waals surface area contributed by atoms with E-state index in [9.17, 15) is 13.2 Å². The third-order valence-corrected chi connectivity index (χ3v) is 7.92. The normalized spacial score (nSPS) is 28.7. The summed E-state index contributed by atoms with van der Waals surface area (Å²) in [6.45, 7) is 4.16. The van der Waals surface area contributed by atoms with Crippen molar-refractivity contribution < 1.29 is 13.2 Å². The standard InChI is InChI=1S/C16H23N3O3S/c1-15(2)13-5-6-16(15,14(20)11-13)12-23(21,22)19(9-3-7-17)10-4-8-18/h13H,3-6,9-12H2,1-2H3/t13-,16+/m0/s1. The van der Waals surface area contributed by atoms with Gasteiger partial charge in [0.2, 0.25) is 10.0 Å². The summed E-state index contributed by atoms with van der Waals surface area (Å²) in [7, 11) is -3.69. The van der Waals surface area contributed by atoms with E-state index in [4.69, 9.17) is 10.5 Å². The number of ketones is 1. The first-order valence-electron chi connectivity index (χ1n) is 7.96. The Bertz CT molecular complexity index is 654. The van der Waals surface area contributed by atoms with Crippen LogP contribution in [0.4, 0.5) is 0 Å². The van der Waals surface area contributed by atoms with Crippen molar-refractivity contribution in [3.8, 4) is 12.1 Å². The summed E-state index contributed by atoms with van der Waals surface area (Å²) >= 11 is 0. The van der Waals surface area contributed by atoms with Gasteiger partial charge in [-0.2, -0.15) is 14.8 Å². The number of fused-ring (bicyclic) bond motifs is 2. The van der Waals surface area contributed by atoms with Crippen molar-refractivity contribution in [3.05, 3.63) is 0 Å². The summed E-state index contributed by atoms with van der Waals surface area (Å²) in [6, 6.07) is 3.88. The molecule has 0 aliphatic heterocycles. The quantitative estimate of drug-likeness (QED) is 0.705. The van der Waals surface area contributed by atoms with Crippen LogP contribution in [-0.2, 0) is 14.8 Å². The third kappa shape index (κ3) is 2.88. The molecule has 2 aliphatic carbocycles. The molecule has 2 bridgehead atoms. The van der Waals surface area contributed by atoms with Gasteiger partial charge in [-0.05, 0) is 24.2 Å². The van der Waals surface area contributed by atoms with Crippen molar-refractivity contribution in [1.82, 2.24) is 4.31 Å². The molecule has 0 saturated heterocycles. The molecular weight excluding hydrogens is 314 g/mol. The van der Waals surface area contributed by atoms with Crippen molar-refractivity contribution in [2.75, 3.05) is 18.8 Å². The third-order valence-electron chi connectivity index (χ3n) is 5.91. The Hall–Kier alpha value is -1.44. The second kappa shape index (κ2) is 6.22. The Balaban J connectivity index is 2.27. The lowest BCUT2D eigenvalue weighted by Gasteiger charge is -2.37. The molecule has 0 aromatic carbocycles. The fraction of sp³-hybridized carbons (Fsp3) is 0.812. The van der Waals surface area contributed by atoms with Crippen molar-refractivity contribution in [3.63, 3.8) is 0 Å². The van der Waals surface area contributed by atoms with Crippen LogP contribution in [0.5, 0.6) is 0 Å². The van der Waals surface area contributed by atoms with E-state index < -0.39 is 15.4 Å². The highest BCUT2D eigenvalue weighted by Crippen LogP contribution is 2.64. The highest BCUT2D eigenvalue weighted by atomic mass is 32.2. The smallest absolute Gasteiger partial charge is 0.215 e. The molecule has 126 valence electrons. The van der Waals surface area contributed by atoms with E-state index in [1.807, 2.05) is 26.0 Å². The number of hydrogen-bond donors (Lipinski definition) is 0. The number of nitriles is 2. The summed E-state index contributed by atoms with van der Waals surface area (Å²) < 4.78 is 27.0. The maximum Gasteiger partial charge on any atom is 0.215 e. The highest BCUT2D eigenvalue weighted by Gasteiger charge is 2.65. The van der Waals surface area contributed by atoms with Gasteiger partial charge in [0, 0.05) is 37.8 Å². The molecule has 0 amide bonds. The monoisotopic (exact) mass is 337 g/mol. The predicted molar refractivity (Wildman–Crippen MR) is 84.4 cm³/mol. The van der Waals surface area contributed by atoms with E-state index in [1.54, 1.807) is 0 Å². The fourth-order valence-corrected chi connectivity index (χ4v) is 6.47. The van der Waals surface area contributed by atoms with Crippen LogP contribution in [0.3, 0.4) is 0 Å². The maximum atomic E-state index is 12.9. The molecule has 0 N–H and O–H groups in total. The Morgan fingerprint density at radius 3 is 2.17 bits per heavy atom. The lowest BCUT2D eigenvalue weighted by molar-refractivity contribution is -0.128. The SMILES string of the molecule is CC1(C)[C@H]2CC[C@@]1(CS(=O)(=O)N(CCC#N)CCC#N)C(=O)C2. The van der Waals surface area contributed by atoms with Gasteiger partial charge < -0.3 is 0 Å². The number of hydrogen-bond acceptors (Lipinski definition) is 5. The zero-order valence-corrected chi connectivity index (χ0v) is 14.5. The van der Waals surface area contributed by atoms with Crippen LogP contribution in [0.2, 0.25) is 0 Å². The zero-order valence-electron chi connectivity index (χ0n) is 13.7. The van der Waals surface area contributed by atoms with Crippen molar-refractivity contribution >= 4 is 15.8 Å². The molecule has 0 heterocycles. The van der Waals surface area contributed by atoms with E-state index in [0.717, 1.165) is 6.42 Å². The Morgan fingerprint density at radius 2 is 1.78 bits per heavy atom. The number of sulfonamides is 1. The average Bonchev–Trinajstić information content (AvgIpc) is 2.80. The number of rotatable bonds is 7. The van der Waals surface area contributed by atoms with Gasteiger partial charge in [-0.15, -0.1) is 0 Å². The maximum absolute atomic E-state index is 12.9. The molecule has 2 rings (SSSR count). The Labute approximate surface area is 138 Å². The van der Waals surface area contributed by atoms with E-state index in [2.05, 4.69) is 0 Å².